The van der Waals surface area contributed by atoms with Gasteiger partial charge in [-0.2, -0.15) is 0 Å². The van der Waals surface area contributed by atoms with Gasteiger partial charge in [0.2, 0.25) is 0 Å². The van der Waals surface area contributed by atoms with Gasteiger partial charge in [0.15, 0.2) is 0 Å². The van der Waals surface area contributed by atoms with E-state index in [1.165, 1.54) is 0 Å². The normalized spacial score (nSPS) is 11.7. The molecule has 0 saturated heterocycles. The molecule has 20 heavy (non-hydrogen) atoms. The standard InChI is InChI=1S/C15H24N4O/c1-12-5-6-14(20-12)9-19(8-7-18(3)4)10-15-13(2)16-11-17-15/h5-6,11H,7-10H2,1-4H3,(H,16,17). The zero-order valence-corrected chi connectivity index (χ0v) is 12.8. The number of rotatable bonds is 7. The molecule has 110 valence electrons. The van der Waals surface area contributed by atoms with E-state index in [9.17, 15) is 0 Å². The number of furan rings is 1. The van der Waals surface area contributed by atoms with Crippen molar-refractivity contribution in [3.05, 3.63) is 41.4 Å². The Balaban J connectivity index is 2.02. The first-order valence-electron chi connectivity index (χ1n) is 6.96. The fraction of sp³-hybridized carbons (Fsp3) is 0.533. The maximum absolute atomic E-state index is 5.69. The van der Waals surface area contributed by atoms with Crippen molar-refractivity contribution in [1.29, 1.82) is 0 Å². The number of hydrogen-bond acceptors (Lipinski definition) is 4. The Bertz CT molecular complexity index is 529. The average Bonchev–Trinajstić information content (AvgIpc) is 2.96. The molecule has 2 aromatic rings. The lowest BCUT2D eigenvalue weighted by Crippen LogP contribution is -2.31. The smallest absolute Gasteiger partial charge is 0.118 e. The van der Waals surface area contributed by atoms with Crippen LogP contribution in [0.5, 0.6) is 0 Å². The molecule has 0 saturated carbocycles. The highest BCUT2D eigenvalue weighted by molar-refractivity contribution is 5.09. The van der Waals surface area contributed by atoms with E-state index in [1.54, 1.807) is 6.33 Å². The largest absolute Gasteiger partial charge is 0.465 e. The number of imidazole rings is 1. The van der Waals surface area contributed by atoms with E-state index in [2.05, 4.69) is 46.9 Å². The third kappa shape index (κ3) is 4.21. The summed E-state index contributed by atoms with van der Waals surface area (Å²) in [4.78, 5) is 12.1. The predicted molar refractivity (Wildman–Crippen MR) is 79.4 cm³/mol. The zero-order valence-electron chi connectivity index (χ0n) is 12.8. The Kier molecular flexibility index (Phi) is 4.98. The summed E-state index contributed by atoms with van der Waals surface area (Å²) in [6.45, 7) is 7.69. The van der Waals surface area contributed by atoms with Crippen molar-refractivity contribution in [1.82, 2.24) is 19.8 Å². The molecular formula is C15H24N4O. The van der Waals surface area contributed by atoms with Gasteiger partial charge in [-0.15, -0.1) is 0 Å². The number of nitrogens with zero attached hydrogens (tertiary/aromatic N) is 3. The number of hydrogen-bond donors (Lipinski definition) is 1. The van der Waals surface area contributed by atoms with Gasteiger partial charge in [-0.05, 0) is 40.1 Å². The van der Waals surface area contributed by atoms with Crippen LogP contribution in [-0.4, -0.2) is 47.0 Å². The zero-order chi connectivity index (χ0) is 14.5. The molecule has 0 aliphatic carbocycles. The average molecular weight is 276 g/mol. The summed E-state index contributed by atoms with van der Waals surface area (Å²) in [5.41, 5.74) is 2.24. The molecule has 5 nitrogen and oxygen atoms in total. The number of H-pyrrole nitrogens is 1. The summed E-state index contributed by atoms with van der Waals surface area (Å²) in [5.74, 6) is 1.97. The van der Waals surface area contributed by atoms with Crippen LogP contribution >= 0.6 is 0 Å². The van der Waals surface area contributed by atoms with Gasteiger partial charge in [0, 0.05) is 25.3 Å². The second-order valence-corrected chi connectivity index (χ2v) is 5.50. The first kappa shape index (κ1) is 14.8. The van der Waals surface area contributed by atoms with Crippen LogP contribution in [0.3, 0.4) is 0 Å². The van der Waals surface area contributed by atoms with E-state index in [0.29, 0.717) is 0 Å². The lowest BCUT2D eigenvalue weighted by atomic mass is 10.3. The van der Waals surface area contributed by atoms with E-state index < -0.39 is 0 Å². The van der Waals surface area contributed by atoms with Crippen LogP contribution in [0.25, 0.3) is 0 Å². The lowest BCUT2D eigenvalue weighted by molar-refractivity contribution is 0.207. The minimum Gasteiger partial charge on any atom is -0.465 e. The van der Waals surface area contributed by atoms with Gasteiger partial charge in [-0.3, -0.25) is 4.90 Å². The Morgan fingerprint density at radius 3 is 2.50 bits per heavy atom. The third-order valence-corrected chi connectivity index (χ3v) is 3.35. The van der Waals surface area contributed by atoms with Gasteiger partial charge in [-0.1, -0.05) is 0 Å². The summed E-state index contributed by atoms with van der Waals surface area (Å²) in [7, 11) is 4.18. The van der Waals surface area contributed by atoms with Gasteiger partial charge in [0.1, 0.15) is 11.5 Å². The van der Waals surface area contributed by atoms with Crippen molar-refractivity contribution >= 4 is 0 Å². The Morgan fingerprint density at radius 2 is 1.95 bits per heavy atom. The summed E-state index contributed by atoms with van der Waals surface area (Å²) >= 11 is 0. The maximum Gasteiger partial charge on any atom is 0.118 e. The molecule has 0 unspecified atom stereocenters. The van der Waals surface area contributed by atoms with Crippen LogP contribution in [0.4, 0.5) is 0 Å². The molecule has 0 atom stereocenters. The Labute approximate surface area is 120 Å². The topological polar surface area (TPSA) is 48.3 Å². The molecule has 0 amide bonds. The maximum atomic E-state index is 5.69. The molecular weight excluding hydrogens is 252 g/mol. The van der Waals surface area contributed by atoms with Crippen molar-refractivity contribution in [2.24, 2.45) is 0 Å². The summed E-state index contributed by atoms with van der Waals surface area (Å²) in [6.07, 6.45) is 1.76. The number of aromatic nitrogens is 2. The first-order valence-corrected chi connectivity index (χ1v) is 6.96. The second kappa shape index (κ2) is 6.72. The summed E-state index contributed by atoms with van der Waals surface area (Å²) in [5, 5.41) is 0. The predicted octanol–water partition coefficient (Wildman–Crippen LogP) is 2.18. The molecule has 0 fully saturated rings. The van der Waals surface area contributed by atoms with E-state index in [1.807, 2.05) is 13.0 Å². The molecule has 2 rings (SSSR count). The highest BCUT2D eigenvalue weighted by Gasteiger charge is 2.12. The number of nitrogens with one attached hydrogen (secondary N) is 1. The first-order chi connectivity index (χ1) is 9.54. The quantitative estimate of drug-likeness (QED) is 0.842. The van der Waals surface area contributed by atoms with E-state index in [-0.39, 0.29) is 0 Å². The molecule has 0 aliphatic heterocycles. The van der Waals surface area contributed by atoms with Gasteiger partial charge < -0.3 is 14.3 Å². The highest BCUT2D eigenvalue weighted by Crippen LogP contribution is 2.13. The Hall–Kier alpha value is -1.59. The molecule has 0 bridgehead atoms. The van der Waals surface area contributed by atoms with Crippen LogP contribution in [0.15, 0.2) is 22.9 Å². The van der Waals surface area contributed by atoms with E-state index in [0.717, 1.165) is 49.1 Å². The van der Waals surface area contributed by atoms with Crippen molar-refractivity contribution in [2.75, 3.05) is 27.2 Å². The van der Waals surface area contributed by atoms with Crippen molar-refractivity contribution in [2.45, 2.75) is 26.9 Å². The highest BCUT2D eigenvalue weighted by atomic mass is 16.3. The van der Waals surface area contributed by atoms with Crippen LogP contribution in [0, 0.1) is 13.8 Å². The monoisotopic (exact) mass is 276 g/mol. The van der Waals surface area contributed by atoms with E-state index >= 15 is 0 Å². The van der Waals surface area contributed by atoms with Crippen molar-refractivity contribution in [3.8, 4) is 0 Å². The molecule has 0 radical (unpaired) electrons. The van der Waals surface area contributed by atoms with E-state index in [4.69, 9.17) is 4.42 Å². The van der Waals surface area contributed by atoms with Crippen LogP contribution in [0.1, 0.15) is 22.9 Å². The lowest BCUT2D eigenvalue weighted by Gasteiger charge is -2.22. The number of aryl methyl sites for hydroxylation is 2. The van der Waals surface area contributed by atoms with Gasteiger partial charge in [0.05, 0.1) is 18.6 Å². The Morgan fingerprint density at radius 1 is 1.15 bits per heavy atom. The minimum absolute atomic E-state index is 0.813. The summed E-state index contributed by atoms with van der Waals surface area (Å²) in [6, 6.07) is 4.06. The van der Waals surface area contributed by atoms with Gasteiger partial charge in [-0.25, -0.2) is 4.98 Å². The van der Waals surface area contributed by atoms with Crippen LogP contribution in [-0.2, 0) is 13.1 Å². The third-order valence-electron chi connectivity index (χ3n) is 3.35. The molecule has 0 spiro atoms. The van der Waals surface area contributed by atoms with Crippen LogP contribution < -0.4 is 0 Å². The van der Waals surface area contributed by atoms with Crippen LogP contribution in [0.2, 0.25) is 0 Å². The van der Waals surface area contributed by atoms with Gasteiger partial charge >= 0.3 is 0 Å². The van der Waals surface area contributed by atoms with Crippen molar-refractivity contribution < 1.29 is 4.42 Å². The fourth-order valence-corrected chi connectivity index (χ4v) is 2.10. The fourth-order valence-electron chi connectivity index (χ4n) is 2.10. The number of aromatic amines is 1. The molecule has 5 heteroatoms. The molecule has 2 heterocycles. The minimum atomic E-state index is 0.813. The van der Waals surface area contributed by atoms with Gasteiger partial charge in [0.25, 0.3) is 0 Å². The molecule has 0 aromatic carbocycles. The second-order valence-electron chi connectivity index (χ2n) is 5.50. The summed E-state index contributed by atoms with van der Waals surface area (Å²) < 4.78 is 5.69. The SMILES string of the molecule is Cc1ccc(CN(CCN(C)C)Cc2nc[nH]c2C)o1. The van der Waals surface area contributed by atoms with Crippen molar-refractivity contribution in [3.63, 3.8) is 0 Å². The molecule has 1 N–H and O–H groups in total. The molecule has 2 aromatic heterocycles. The number of likely N-dealkylation sites (N-methyl/N-ethyl adjacent to an activating group) is 1. The molecule has 0 aliphatic rings.